The van der Waals surface area contributed by atoms with E-state index >= 15 is 0 Å². The Balaban J connectivity index is 2.27. The fourth-order valence-electron chi connectivity index (χ4n) is 1.74. The molecule has 18 heavy (non-hydrogen) atoms. The fraction of sp³-hybridized carbons (Fsp3) is 0.583. The van der Waals surface area contributed by atoms with Crippen LogP contribution in [0.2, 0.25) is 5.02 Å². The quantitative estimate of drug-likeness (QED) is 0.834. The number of rotatable bonds is 2. The second-order valence-corrected chi connectivity index (χ2v) is 5.84. The van der Waals surface area contributed by atoms with Crippen LogP contribution in [0.3, 0.4) is 0 Å². The molecular weight excluding hydrogens is 250 g/mol. The van der Waals surface area contributed by atoms with E-state index in [9.17, 15) is 0 Å². The van der Waals surface area contributed by atoms with Crippen molar-refractivity contribution in [1.29, 1.82) is 0 Å². The number of nitrogens with zero attached hydrogens (tertiary/aromatic N) is 1. The van der Waals surface area contributed by atoms with Gasteiger partial charge < -0.3 is 14.6 Å². The van der Waals surface area contributed by atoms with Gasteiger partial charge in [0, 0.05) is 18.7 Å². The molecule has 0 bridgehead atoms. The van der Waals surface area contributed by atoms with E-state index < -0.39 is 7.12 Å². The normalized spacial score (nSPS) is 21.1. The van der Waals surface area contributed by atoms with Gasteiger partial charge in [-0.25, -0.2) is 4.98 Å². The Hall–Kier alpha value is -0.775. The number of anilines is 1. The second kappa shape index (κ2) is 4.40. The van der Waals surface area contributed by atoms with Crippen LogP contribution in [0.15, 0.2) is 12.3 Å². The molecule has 0 saturated carbocycles. The van der Waals surface area contributed by atoms with Gasteiger partial charge >= 0.3 is 7.12 Å². The van der Waals surface area contributed by atoms with Gasteiger partial charge in [0.15, 0.2) is 0 Å². The van der Waals surface area contributed by atoms with Gasteiger partial charge in [0.05, 0.1) is 16.2 Å². The second-order valence-electron chi connectivity index (χ2n) is 5.44. The predicted octanol–water partition coefficient (Wildman–Crippen LogP) is 2.08. The van der Waals surface area contributed by atoms with Crippen molar-refractivity contribution in [2.45, 2.75) is 38.9 Å². The van der Waals surface area contributed by atoms with Crippen LogP contribution < -0.4 is 10.8 Å². The maximum absolute atomic E-state index is 6.11. The molecule has 1 aliphatic heterocycles. The fourth-order valence-corrected chi connectivity index (χ4v) is 2.01. The van der Waals surface area contributed by atoms with Crippen molar-refractivity contribution in [3.05, 3.63) is 17.3 Å². The lowest BCUT2D eigenvalue weighted by Crippen LogP contribution is -2.41. The zero-order valence-corrected chi connectivity index (χ0v) is 12.1. The highest BCUT2D eigenvalue weighted by atomic mass is 35.5. The summed E-state index contributed by atoms with van der Waals surface area (Å²) in [7, 11) is 1.36. The van der Waals surface area contributed by atoms with Gasteiger partial charge in [0.1, 0.15) is 5.82 Å². The van der Waals surface area contributed by atoms with E-state index in [0.717, 1.165) is 5.46 Å². The predicted molar refractivity (Wildman–Crippen MR) is 74.5 cm³/mol. The number of halogens is 1. The molecular formula is C12H18BClN2O2. The molecule has 4 nitrogen and oxygen atoms in total. The van der Waals surface area contributed by atoms with Crippen molar-refractivity contribution in [3.63, 3.8) is 0 Å². The summed E-state index contributed by atoms with van der Waals surface area (Å²) in [5.41, 5.74) is 0.120. The number of pyridine rings is 1. The topological polar surface area (TPSA) is 43.4 Å². The van der Waals surface area contributed by atoms with E-state index in [0.29, 0.717) is 10.8 Å². The van der Waals surface area contributed by atoms with Gasteiger partial charge in [-0.2, -0.15) is 0 Å². The van der Waals surface area contributed by atoms with Crippen LogP contribution in [-0.4, -0.2) is 30.4 Å². The highest BCUT2D eigenvalue weighted by Crippen LogP contribution is 2.36. The Labute approximate surface area is 113 Å². The van der Waals surface area contributed by atoms with E-state index in [1.165, 1.54) is 0 Å². The lowest BCUT2D eigenvalue weighted by atomic mass is 9.80. The molecule has 0 aliphatic carbocycles. The molecule has 2 heterocycles. The Morgan fingerprint density at radius 3 is 2.22 bits per heavy atom. The van der Waals surface area contributed by atoms with Crippen molar-refractivity contribution >= 4 is 30.0 Å². The summed E-state index contributed by atoms with van der Waals surface area (Å²) in [6.45, 7) is 8.07. The summed E-state index contributed by atoms with van der Waals surface area (Å²) in [5.74, 6) is 0.650. The third-order valence-corrected chi connectivity index (χ3v) is 3.91. The molecule has 0 atom stereocenters. The smallest absolute Gasteiger partial charge is 0.399 e. The first-order chi connectivity index (χ1) is 8.27. The zero-order valence-electron chi connectivity index (χ0n) is 11.4. The molecule has 2 rings (SSSR count). The van der Waals surface area contributed by atoms with Gasteiger partial charge in [-0.1, -0.05) is 11.6 Å². The molecule has 0 spiro atoms. The van der Waals surface area contributed by atoms with Crippen molar-refractivity contribution in [1.82, 2.24) is 4.98 Å². The summed E-state index contributed by atoms with van der Waals surface area (Å²) < 4.78 is 11.9. The van der Waals surface area contributed by atoms with Crippen molar-refractivity contribution in [2.24, 2.45) is 0 Å². The van der Waals surface area contributed by atoms with Crippen LogP contribution in [0.25, 0.3) is 0 Å². The minimum atomic E-state index is -0.425. The third-order valence-electron chi connectivity index (χ3n) is 3.62. The molecule has 1 aromatic rings. The summed E-state index contributed by atoms with van der Waals surface area (Å²) in [4.78, 5) is 4.23. The zero-order chi connectivity index (χ0) is 13.6. The van der Waals surface area contributed by atoms with Crippen LogP contribution in [0, 0.1) is 0 Å². The minimum absolute atomic E-state index is 0.355. The standard InChI is InChI=1S/C12H18BClN2O2/c1-11(2)12(3,4)18-13(17-11)8-6-9(14)10(15-5)16-7-8/h6-7H,1-5H3,(H,15,16). The van der Waals surface area contributed by atoms with Gasteiger partial charge in [0.25, 0.3) is 0 Å². The van der Waals surface area contributed by atoms with Crippen LogP contribution in [0.1, 0.15) is 27.7 Å². The Morgan fingerprint density at radius 2 is 1.78 bits per heavy atom. The number of aromatic nitrogens is 1. The minimum Gasteiger partial charge on any atom is -0.399 e. The third kappa shape index (κ3) is 2.22. The van der Waals surface area contributed by atoms with Crippen molar-refractivity contribution < 1.29 is 9.31 Å². The van der Waals surface area contributed by atoms with Crippen LogP contribution in [-0.2, 0) is 9.31 Å². The van der Waals surface area contributed by atoms with E-state index in [1.54, 1.807) is 13.2 Å². The molecule has 98 valence electrons. The van der Waals surface area contributed by atoms with E-state index in [4.69, 9.17) is 20.9 Å². The molecule has 0 radical (unpaired) electrons. The first kappa shape index (κ1) is 13.7. The summed E-state index contributed by atoms with van der Waals surface area (Å²) in [6, 6.07) is 1.82. The SMILES string of the molecule is CNc1ncc(B2OC(C)(C)C(C)(C)O2)cc1Cl. The van der Waals surface area contributed by atoms with Crippen LogP contribution >= 0.6 is 11.6 Å². The average molecular weight is 269 g/mol. The maximum atomic E-state index is 6.11. The molecule has 1 aliphatic rings. The molecule has 1 fully saturated rings. The number of nitrogens with one attached hydrogen (secondary N) is 1. The molecule has 1 saturated heterocycles. The van der Waals surface area contributed by atoms with Crippen LogP contribution in [0.5, 0.6) is 0 Å². The largest absolute Gasteiger partial charge is 0.496 e. The first-order valence-corrected chi connectivity index (χ1v) is 6.33. The average Bonchev–Trinajstić information content (AvgIpc) is 2.48. The van der Waals surface area contributed by atoms with E-state index in [-0.39, 0.29) is 11.2 Å². The van der Waals surface area contributed by atoms with Gasteiger partial charge in [0.2, 0.25) is 0 Å². The van der Waals surface area contributed by atoms with E-state index in [2.05, 4.69) is 10.3 Å². The van der Waals surface area contributed by atoms with E-state index in [1.807, 2.05) is 33.8 Å². The lowest BCUT2D eigenvalue weighted by Gasteiger charge is -2.32. The molecule has 0 aromatic carbocycles. The summed E-state index contributed by atoms with van der Waals surface area (Å²) in [5, 5.41) is 3.48. The van der Waals surface area contributed by atoms with Crippen molar-refractivity contribution in [3.8, 4) is 0 Å². The summed E-state index contributed by atoms with van der Waals surface area (Å²) >= 11 is 6.11. The number of hydrogen-bond acceptors (Lipinski definition) is 4. The summed E-state index contributed by atoms with van der Waals surface area (Å²) in [6.07, 6.45) is 1.72. The number of hydrogen-bond donors (Lipinski definition) is 1. The molecule has 1 N–H and O–H groups in total. The molecule has 0 amide bonds. The van der Waals surface area contributed by atoms with Gasteiger partial charge in [-0.15, -0.1) is 0 Å². The highest BCUT2D eigenvalue weighted by Gasteiger charge is 2.51. The molecule has 0 unspecified atom stereocenters. The highest BCUT2D eigenvalue weighted by molar-refractivity contribution is 6.62. The Morgan fingerprint density at radius 1 is 1.22 bits per heavy atom. The monoisotopic (exact) mass is 268 g/mol. The van der Waals surface area contributed by atoms with Gasteiger partial charge in [-0.3, -0.25) is 0 Å². The Bertz CT molecular complexity index is 449. The maximum Gasteiger partial charge on any atom is 0.496 e. The molecule has 6 heteroatoms. The Kier molecular flexibility index (Phi) is 3.34. The van der Waals surface area contributed by atoms with Crippen LogP contribution in [0.4, 0.5) is 5.82 Å². The molecule has 1 aromatic heterocycles. The van der Waals surface area contributed by atoms with Gasteiger partial charge in [-0.05, 0) is 33.8 Å². The first-order valence-electron chi connectivity index (χ1n) is 5.96. The lowest BCUT2D eigenvalue weighted by molar-refractivity contribution is 0.00578. The van der Waals surface area contributed by atoms with Crippen molar-refractivity contribution in [2.75, 3.05) is 12.4 Å².